The van der Waals surface area contributed by atoms with Gasteiger partial charge >= 0.3 is 12.0 Å². The van der Waals surface area contributed by atoms with Gasteiger partial charge in [0.05, 0.1) is 18.7 Å². The number of nitrogens with one attached hydrogen (secondary N) is 1. The fourth-order valence-electron chi connectivity index (χ4n) is 2.44. The third kappa shape index (κ3) is 3.48. The molecule has 0 spiro atoms. The Kier molecular flexibility index (Phi) is 4.95. The van der Waals surface area contributed by atoms with Gasteiger partial charge in [-0.2, -0.15) is 0 Å². The van der Waals surface area contributed by atoms with Gasteiger partial charge in [-0.1, -0.05) is 42.5 Å². The van der Waals surface area contributed by atoms with E-state index in [9.17, 15) is 14.4 Å². The highest BCUT2D eigenvalue weighted by Crippen LogP contribution is 2.23. The first-order valence-electron chi connectivity index (χ1n) is 7.08. The maximum Gasteiger partial charge on any atom is 0.337 e. The van der Waals surface area contributed by atoms with Gasteiger partial charge in [0.2, 0.25) is 5.91 Å². The Morgan fingerprint density at radius 3 is 2.48 bits per heavy atom. The molecule has 0 saturated heterocycles. The monoisotopic (exact) mass is 314 g/mol. The summed E-state index contributed by atoms with van der Waals surface area (Å²) >= 11 is 0. The van der Waals surface area contributed by atoms with Crippen LogP contribution < -0.4 is 5.32 Å². The summed E-state index contributed by atoms with van der Waals surface area (Å²) in [7, 11) is 1.26. The fraction of sp³-hybridized carbons (Fsp3) is 0.235. The van der Waals surface area contributed by atoms with Gasteiger partial charge in [-0.05, 0) is 12.5 Å². The normalized spacial score (nSPS) is 18.1. The van der Waals surface area contributed by atoms with Crippen molar-refractivity contribution in [2.24, 2.45) is 0 Å². The lowest BCUT2D eigenvalue weighted by atomic mass is 9.99. The van der Waals surface area contributed by atoms with Crippen LogP contribution in [-0.2, 0) is 14.3 Å². The lowest BCUT2D eigenvalue weighted by molar-refractivity contribution is -0.137. The second-order valence-corrected chi connectivity index (χ2v) is 5.06. The van der Waals surface area contributed by atoms with Gasteiger partial charge in [0, 0.05) is 12.6 Å². The third-order valence-corrected chi connectivity index (χ3v) is 3.51. The standard InChI is InChI=1S/C17H18N2O4/c1-11-15(16(21)23-3)14(19(12(2)20)17(22)18-11)10-9-13-7-5-4-6-8-13/h4-10,14H,1-3H3,(H,18,22)/b10-9+/t14-/m0/s1. The number of hydrogen-bond acceptors (Lipinski definition) is 4. The molecule has 1 aliphatic rings. The quantitative estimate of drug-likeness (QED) is 0.867. The Labute approximate surface area is 134 Å². The van der Waals surface area contributed by atoms with Crippen molar-refractivity contribution < 1.29 is 19.1 Å². The van der Waals surface area contributed by atoms with Gasteiger partial charge in [-0.3, -0.25) is 9.69 Å². The van der Waals surface area contributed by atoms with Crippen LogP contribution in [0.2, 0.25) is 0 Å². The van der Waals surface area contributed by atoms with Crippen molar-refractivity contribution in [1.29, 1.82) is 0 Å². The van der Waals surface area contributed by atoms with Crippen LogP contribution in [0.1, 0.15) is 19.4 Å². The fourth-order valence-corrected chi connectivity index (χ4v) is 2.44. The molecular weight excluding hydrogens is 296 g/mol. The number of amides is 3. The maximum absolute atomic E-state index is 12.1. The van der Waals surface area contributed by atoms with E-state index in [1.54, 1.807) is 19.1 Å². The Hall–Kier alpha value is -2.89. The highest BCUT2D eigenvalue weighted by molar-refractivity contribution is 6.01. The summed E-state index contributed by atoms with van der Waals surface area (Å²) in [6.07, 6.45) is 3.40. The van der Waals surface area contributed by atoms with Crippen molar-refractivity contribution in [3.05, 3.63) is 53.2 Å². The van der Waals surface area contributed by atoms with Crippen molar-refractivity contribution in [2.45, 2.75) is 19.9 Å². The molecule has 6 nitrogen and oxygen atoms in total. The molecule has 1 atom stereocenters. The molecule has 0 aliphatic carbocycles. The average Bonchev–Trinajstić information content (AvgIpc) is 2.52. The topological polar surface area (TPSA) is 75.7 Å². The van der Waals surface area contributed by atoms with E-state index in [4.69, 9.17) is 4.74 Å². The molecule has 1 N–H and O–H groups in total. The molecule has 120 valence electrons. The van der Waals surface area contributed by atoms with E-state index in [1.165, 1.54) is 14.0 Å². The van der Waals surface area contributed by atoms with Crippen LogP contribution in [0.4, 0.5) is 4.79 Å². The van der Waals surface area contributed by atoms with Crippen LogP contribution in [0.3, 0.4) is 0 Å². The summed E-state index contributed by atoms with van der Waals surface area (Å²) in [5.74, 6) is -1.05. The first kappa shape index (κ1) is 16.5. The van der Waals surface area contributed by atoms with Gasteiger partial charge in [0.1, 0.15) is 0 Å². The molecule has 0 fully saturated rings. The number of imide groups is 1. The second kappa shape index (κ2) is 6.91. The second-order valence-electron chi connectivity index (χ2n) is 5.06. The minimum Gasteiger partial charge on any atom is -0.466 e. The lowest BCUT2D eigenvalue weighted by Gasteiger charge is -2.33. The Balaban J connectivity index is 2.47. The minimum absolute atomic E-state index is 0.231. The van der Waals surface area contributed by atoms with E-state index in [0.29, 0.717) is 5.70 Å². The molecule has 3 amide bonds. The molecule has 1 aromatic carbocycles. The molecular formula is C17H18N2O4. The molecule has 0 bridgehead atoms. The number of nitrogens with zero attached hydrogens (tertiary/aromatic N) is 1. The largest absolute Gasteiger partial charge is 0.466 e. The number of ether oxygens (including phenoxy) is 1. The highest BCUT2D eigenvalue weighted by Gasteiger charge is 2.37. The number of benzene rings is 1. The number of carbonyl (C=O) groups excluding carboxylic acids is 3. The number of rotatable bonds is 3. The van der Waals surface area contributed by atoms with Gasteiger partial charge in [-0.25, -0.2) is 9.59 Å². The number of allylic oxidation sites excluding steroid dienone is 1. The van der Waals surface area contributed by atoms with Crippen molar-refractivity contribution in [2.75, 3.05) is 7.11 Å². The first-order chi connectivity index (χ1) is 11.0. The van der Waals surface area contributed by atoms with E-state index >= 15 is 0 Å². The first-order valence-corrected chi connectivity index (χ1v) is 7.08. The average molecular weight is 314 g/mol. The molecule has 0 unspecified atom stereocenters. The maximum atomic E-state index is 12.1. The Bertz CT molecular complexity index is 692. The van der Waals surface area contributed by atoms with Crippen molar-refractivity contribution >= 4 is 24.0 Å². The van der Waals surface area contributed by atoms with Gasteiger partial charge in [0.25, 0.3) is 0 Å². The van der Waals surface area contributed by atoms with Crippen LogP contribution in [-0.4, -0.2) is 36.0 Å². The number of esters is 1. The Morgan fingerprint density at radius 2 is 1.91 bits per heavy atom. The molecule has 23 heavy (non-hydrogen) atoms. The van der Waals surface area contributed by atoms with Crippen LogP contribution in [0.25, 0.3) is 6.08 Å². The predicted molar refractivity (Wildman–Crippen MR) is 85.0 cm³/mol. The minimum atomic E-state index is -0.811. The van der Waals surface area contributed by atoms with Gasteiger partial charge < -0.3 is 10.1 Å². The zero-order chi connectivity index (χ0) is 17.0. The molecule has 1 heterocycles. The van der Waals surface area contributed by atoms with Crippen LogP contribution in [0.5, 0.6) is 0 Å². The molecule has 1 aromatic rings. The van der Waals surface area contributed by atoms with E-state index in [0.717, 1.165) is 10.5 Å². The smallest absolute Gasteiger partial charge is 0.337 e. The third-order valence-electron chi connectivity index (χ3n) is 3.51. The lowest BCUT2D eigenvalue weighted by Crippen LogP contribution is -2.54. The molecule has 1 aliphatic heterocycles. The van der Waals surface area contributed by atoms with Crippen LogP contribution in [0.15, 0.2) is 47.7 Å². The van der Waals surface area contributed by atoms with Crippen molar-refractivity contribution in [3.63, 3.8) is 0 Å². The summed E-state index contributed by atoms with van der Waals surface area (Å²) in [5.41, 5.74) is 1.50. The summed E-state index contributed by atoms with van der Waals surface area (Å²) < 4.78 is 4.79. The van der Waals surface area contributed by atoms with E-state index in [1.807, 2.05) is 30.3 Å². The summed E-state index contributed by atoms with van der Waals surface area (Å²) in [5, 5.41) is 2.52. The SMILES string of the molecule is COC(=O)C1=C(C)NC(=O)N(C(C)=O)[C@H]1/C=C/c1ccccc1. The van der Waals surface area contributed by atoms with E-state index < -0.39 is 23.9 Å². The summed E-state index contributed by atoms with van der Waals surface area (Å²) in [6.45, 7) is 2.88. The Morgan fingerprint density at radius 1 is 1.26 bits per heavy atom. The summed E-state index contributed by atoms with van der Waals surface area (Å²) in [4.78, 5) is 37.0. The number of methoxy groups -OCH3 is 1. The summed E-state index contributed by atoms with van der Waals surface area (Å²) in [6, 6.07) is 8.02. The molecule has 0 radical (unpaired) electrons. The molecule has 6 heteroatoms. The van der Waals surface area contributed by atoms with Crippen LogP contribution >= 0.6 is 0 Å². The number of carbonyl (C=O) groups is 3. The van der Waals surface area contributed by atoms with Crippen molar-refractivity contribution in [1.82, 2.24) is 10.2 Å². The van der Waals surface area contributed by atoms with Gasteiger partial charge in [0.15, 0.2) is 0 Å². The molecule has 0 saturated carbocycles. The highest BCUT2D eigenvalue weighted by atomic mass is 16.5. The number of hydrogen-bond donors (Lipinski definition) is 1. The number of urea groups is 1. The zero-order valence-electron chi connectivity index (χ0n) is 13.2. The van der Waals surface area contributed by atoms with Gasteiger partial charge in [-0.15, -0.1) is 0 Å². The van der Waals surface area contributed by atoms with E-state index in [-0.39, 0.29) is 5.57 Å². The predicted octanol–water partition coefficient (Wildman–Crippen LogP) is 2.09. The van der Waals surface area contributed by atoms with Crippen LogP contribution in [0, 0.1) is 0 Å². The zero-order valence-corrected chi connectivity index (χ0v) is 13.2. The van der Waals surface area contributed by atoms with E-state index in [2.05, 4.69) is 5.32 Å². The molecule has 0 aromatic heterocycles. The molecule has 2 rings (SSSR count). The van der Waals surface area contributed by atoms with Crippen molar-refractivity contribution in [3.8, 4) is 0 Å².